The van der Waals surface area contributed by atoms with Gasteiger partial charge < -0.3 is 9.30 Å². The van der Waals surface area contributed by atoms with E-state index in [4.69, 9.17) is 9.73 Å². The second-order valence-corrected chi connectivity index (χ2v) is 9.81. The van der Waals surface area contributed by atoms with E-state index >= 15 is 0 Å². The molecule has 0 bridgehead atoms. The van der Waals surface area contributed by atoms with Crippen LogP contribution in [0.3, 0.4) is 0 Å². The number of nitro groups is 1. The fourth-order valence-corrected chi connectivity index (χ4v) is 5.37. The van der Waals surface area contributed by atoms with E-state index < -0.39 is 4.92 Å². The first-order valence-corrected chi connectivity index (χ1v) is 13.0. The Balaban J connectivity index is 1.48. The third-order valence-electron chi connectivity index (χ3n) is 6.21. The molecule has 0 N–H and O–H groups in total. The Bertz CT molecular complexity index is 1530. The third kappa shape index (κ3) is 5.53. The minimum absolute atomic E-state index is 0.0660. The average Bonchev–Trinajstić information content (AvgIpc) is 3.42. The van der Waals surface area contributed by atoms with Crippen molar-refractivity contribution in [2.75, 3.05) is 20.3 Å². The minimum atomic E-state index is -0.399. The molecule has 3 aromatic carbocycles. The number of para-hydroxylation sites is 2. The Morgan fingerprint density at radius 1 is 1.03 bits per heavy atom. The highest BCUT2D eigenvalue weighted by atomic mass is 32.2. The number of hydrogen-bond donors (Lipinski definition) is 0. The van der Waals surface area contributed by atoms with Crippen LogP contribution in [-0.4, -0.2) is 45.7 Å². The lowest BCUT2D eigenvalue weighted by Crippen LogP contribution is -2.30. The average molecular weight is 527 g/mol. The van der Waals surface area contributed by atoms with Crippen LogP contribution in [0.1, 0.15) is 17.5 Å². The SMILES string of the molecule is COCCCN1C(=O)/C(=C/c2cn(Cc3ccc([N+](=O)[O-])cc3)c3ccccc23)SC1=Nc1ccccc1. The highest BCUT2D eigenvalue weighted by molar-refractivity contribution is 8.18. The predicted octanol–water partition coefficient (Wildman–Crippen LogP) is 6.24. The maximum atomic E-state index is 13.5. The number of ether oxygens (including phenoxy) is 1. The molecule has 4 aromatic rings. The molecule has 1 aliphatic heterocycles. The highest BCUT2D eigenvalue weighted by Crippen LogP contribution is 2.36. The van der Waals surface area contributed by atoms with Crippen LogP contribution in [0.25, 0.3) is 17.0 Å². The van der Waals surface area contributed by atoms with Gasteiger partial charge in [-0.15, -0.1) is 0 Å². The molecule has 1 fully saturated rings. The molecule has 1 aliphatic rings. The van der Waals surface area contributed by atoms with Crippen LogP contribution in [-0.2, 0) is 16.1 Å². The molecule has 8 nitrogen and oxygen atoms in total. The van der Waals surface area contributed by atoms with E-state index in [0.29, 0.717) is 36.2 Å². The molecule has 0 radical (unpaired) electrons. The van der Waals surface area contributed by atoms with E-state index in [0.717, 1.165) is 27.7 Å². The van der Waals surface area contributed by atoms with Gasteiger partial charge in [0.15, 0.2) is 5.17 Å². The highest BCUT2D eigenvalue weighted by Gasteiger charge is 2.33. The summed E-state index contributed by atoms with van der Waals surface area (Å²) in [5.74, 6) is -0.0759. The summed E-state index contributed by atoms with van der Waals surface area (Å²) in [6.07, 6.45) is 4.66. The molecule has 1 amide bonds. The number of methoxy groups -OCH3 is 1. The molecule has 5 rings (SSSR count). The summed E-state index contributed by atoms with van der Waals surface area (Å²) in [5.41, 5.74) is 3.75. The maximum Gasteiger partial charge on any atom is 0.269 e. The van der Waals surface area contributed by atoms with Crippen LogP contribution in [0.4, 0.5) is 11.4 Å². The van der Waals surface area contributed by atoms with Crippen LogP contribution in [0.15, 0.2) is 95.0 Å². The molecule has 2 heterocycles. The lowest BCUT2D eigenvalue weighted by Gasteiger charge is -2.15. The smallest absolute Gasteiger partial charge is 0.269 e. The van der Waals surface area contributed by atoms with Crippen molar-refractivity contribution in [1.82, 2.24) is 9.47 Å². The number of non-ortho nitro benzene ring substituents is 1. The monoisotopic (exact) mass is 526 g/mol. The van der Waals surface area contributed by atoms with Crippen molar-refractivity contribution in [3.63, 3.8) is 0 Å². The number of amidine groups is 1. The summed E-state index contributed by atoms with van der Waals surface area (Å²) in [5, 5.41) is 12.7. The van der Waals surface area contributed by atoms with Crippen molar-refractivity contribution in [3.05, 3.63) is 111 Å². The standard InChI is InChI=1S/C29H26N4O4S/c1-37-17-7-16-32-28(34)27(38-29(32)30-23-8-3-2-4-9-23)18-22-20-31(26-11-6-5-10-25(22)26)19-21-12-14-24(15-13-21)33(35)36/h2-6,8-15,18,20H,7,16-17,19H2,1H3/b27-18-,30-29?. The molecule has 1 saturated heterocycles. The number of carbonyl (C=O) groups excluding carboxylic acids is 1. The quantitative estimate of drug-likeness (QED) is 0.111. The number of fused-ring (bicyclic) bond motifs is 1. The van der Waals surface area contributed by atoms with Gasteiger partial charge in [-0.3, -0.25) is 19.8 Å². The molecule has 0 saturated carbocycles. The summed E-state index contributed by atoms with van der Waals surface area (Å²) < 4.78 is 7.30. The van der Waals surface area contributed by atoms with Gasteiger partial charge in [0.1, 0.15) is 0 Å². The first-order valence-electron chi connectivity index (χ1n) is 12.2. The van der Waals surface area contributed by atoms with Crippen molar-refractivity contribution < 1.29 is 14.5 Å². The molecule has 192 valence electrons. The minimum Gasteiger partial charge on any atom is -0.385 e. The normalized spacial score (nSPS) is 15.7. The maximum absolute atomic E-state index is 13.5. The number of rotatable bonds is 9. The molecule has 9 heteroatoms. The van der Waals surface area contributed by atoms with E-state index in [1.165, 1.54) is 23.9 Å². The van der Waals surface area contributed by atoms with Gasteiger partial charge in [-0.1, -0.05) is 48.5 Å². The fourth-order valence-electron chi connectivity index (χ4n) is 4.35. The van der Waals surface area contributed by atoms with Crippen LogP contribution < -0.4 is 0 Å². The number of nitro benzene ring substituents is 1. The zero-order valence-electron chi connectivity index (χ0n) is 20.8. The number of benzene rings is 3. The van der Waals surface area contributed by atoms with Crippen molar-refractivity contribution in [3.8, 4) is 0 Å². The van der Waals surface area contributed by atoms with Crippen molar-refractivity contribution in [2.45, 2.75) is 13.0 Å². The van der Waals surface area contributed by atoms with Gasteiger partial charge in [0.05, 0.1) is 15.5 Å². The molecular formula is C29H26N4O4S. The van der Waals surface area contributed by atoms with Crippen molar-refractivity contribution >= 4 is 51.2 Å². The van der Waals surface area contributed by atoms with Gasteiger partial charge in [-0.05, 0) is 48.0 Å². The third-order valence-corrected chi connectivity index (χ3v) is 7.21. The van der Waals surface area contributed by atoms with Crippen LogP contribution >= 0.6 is 11.8 Å². The first-order chi connectivity index (χ1) is 18.5. The second kappa shape index (κ2) is 11.5. The van der Waals surface area contributed by atoms with Crippen LogP contribution in [0.2, 0.25) is 0 Å². The van der Waals surface area contributed by atoms with Gasteiger partial charge in [-0.25, -0.2) is 4.99 Å². The molecule has 0 atom stereocenters. The molecule has 1 aromatic heterocycles. The zero-order chi connectivity index (χ0) is 26.5. The topological polar surface area (TPSA) is 90.0 Å². The van der Waals surface area contributed by atoms with E-state index in [-0.39, 0.29) is 11.6 Å². The largest absolute Gasteiger partial charge is 0.385 e. The second-order valence-electron chi connectivity index (χ2n) is 8.80. The first kappa shape index (κ1) is 25.4. The Morgan fingerprint density at radius 3 is 2.50 bits per heavy atom. The van der Waals surface area contributed by atoms with Gasteiger partial charge in [0, 0.05) is 61.6 Å². The number of aliphatic imine (C=N–C) groups is 1. The lowest BCUT2D eigenvalue weighted by molar-refractivity contribution is -0.384. The fraction of sp³-hybridized carbons (Fsp3) is 0.172. The zero-order valence-corrected chi connectivity index (χ0v) is 21.6. The Hall–Kier alpha value is -4.21. The molecule has 0 unspecified atom stereocenters. The number of amides is 1. The van der Waals surface area contributed by atoms with Gasteiger partial charge >= 0.3 is 0 Å². The Labute approximate surface area is 224 Å². The summed E-state index contributed by atoms with van der Waals surface area (Å²) in [6, 6.07) is 24.2. The summed E-state index contributed by atoms with van der Waals surface area (Å²) in [6.45, 7) is 1.62. The summed E-state index contributed by atoms with van der Waals surface area (Å²) >= 11 is 1.37. The summed E-state index contributed by atoms with van der Waals surface area (Å²) in [4.78, 5) is 31.2. The van der Waals surface area contributed by atoms with E-state index in [1.54, 1.807) is 24.1 Å². The molecule has 0 spiro atoms. The van der Waals surface area contributed by atoms with Gasteiger partial charge in [0.25, 0.3) is 11.6 Å². The van der Waals surface area contributed by atoms with Crippen molar-refractivity contribution in [2.24, 2.45) is 4.99 Å². The summed E-state index contributed by atoms with van der Waals surface area (Å²) in [7, 11) is 1.65. The van der Waals surface area contributed by atoms with Crippen molar-refractivity contribution in [1.29, 1.82) is 0 Å². The Kier molecular flexibility index (Phi) is 7.67. The molecule has 38 heavy (non-hydrogen) atoms. The van der Waals surface area contributed by atoms with E-state index in [2.05, 4.69) is 4.57 Å². The Morgan fingerprint density at radius 2 is 1.76 bits per heavy atom. The van der Waals surface area contributed by atoms with Gasteiger partial charge in [0.2, 0.25) is 0 Å². The molecule has 0 aliphatic carbocycles. The van der Waals surface area contributed by atoms with E-state index in [9.17, 15) is 14.9 Å². The van der Waals surface area contributed by atoms with E-state index in [1.807, 2.05) is 66.9 Å². The van der Waals surface area contributed by atoms with Crippen LogP contribution in [0.5, 0.6) is 0 Å². The molecular weight excluding hydrogens is 500 g/mol. The predicted molar refractivity (Wildman–Crippen MR) is 151 cm³/mol. The number of nitrogens with zero attached hydrogens (tertiary/aromatic N) is 4. The number of hydrogen-bond acceptors (Lipinski definition) is 6. The number of aromatic nitrogens is 1. The van der Waals surface area contributed by atoms with Gasteiger partial charge in [-0.2, -0.15) is 0 Å². The number of thioether (sulfide) groups is 1. The lowest BCUT2D eigenvalue weighted by atomic mass is 10.1. The van der Waals surface area contributed by atoms with Crippen LogP contribution in [0, 0.1) is 10.1 Å². The number of carbonyl (C=O) groups is 1.